The summed E-state index contributed by atoms with van der Waals surface area (Å²) in [5.41, 5.74) is 2.16. The summed E-state index contributed by atoms with van der Waals surface area (Å²) in [6, 6.07) is 8.03. The Bertz CT molecular complexity index is 552. The van der Waals surface area contributed by atoms with Gasteiger partial charge < -0.3 is 10.0 Å². The molecule has 20 heavy (non-hydrogen) atoms. The van der Waals surface area contributed by atoms with Crippen LogP contribution in [0.5, 0.6) is 0 Å². The van der Waals surface area contributed by atoms with Gasteiger partial charge in [-0.1, -0.05) is 18.2 Å². The summed E-state index contributed by atoms with van der Waals surface area (Å²) >= 11 is 0. The molecule has 1 saturated heterocycles. The van der Waals surface area contributed by atoms with Gasteiger partial charge in [-0.15, -0.1) is 0 Å². The van der Waals surface area contributed by atoms with E-state index in [1.807, 2.05) is 30.0 Å². The van der Waals surface area contributed by atoms with Crippen molar-refractivity contribution in [1.82, 2.24) is 4.90 Å². The zero-order valence-corrected chi connectivity index (χ0v) is 11.5. The van der Waals surface area contributed by atoms with E-state index in [9.17, 15) is 9.59 Å². The van der Waals surface area contributed by atoms with Crippen molar-refractivity contribution in [3.63, 3.8) is 0 Å². The minimum Gasteiger partial charge on any atom is -0.481 e. The number of carboxylic acid groups (broad SMARTS) is 1. The molecule has 0 saturated carbocycles. The quantitative estimate of drug-likeness (QED) is 0.851. The van der Waals surface area contributed by atoms with E-state index in [1.165, 1.54) is 5.56 Å². The van der Waals surface area contributed by atoms with Crippen LogP contribution in [-0.2, 0) is 11.2 Å². The zero-order valence-electron chi connectivity index (χ0n) is 11.5. The van der Waals surface area contributed by atoms with Crippen LogP contribution in [0.2, 0.25) is 0 Å². The van der Waals surface area contributed by atoms with Crippen LogP contribution in [0.25, 0.3) is 0 Å². The highest BCUT2D eigenvalue weighted by Gasteiger charge is 2.40. The normalized spacial score (nSPS) is 22.1. The molecule has 1 unspecified atom stereocenters. The van der Waals surface area contributed by atoms with E-state index in [0.717, 1.165) is 18.5 Å². The van der Waals surface area contributed by atoms with Crippen LogP contribution < -0.4 is 4.90 Å². The molecule has 1 atom stereocenters. The Hall–Kier alpha value is -2.04. The molecule has 0 aliphatic carbocycles. The fraction of sp³-hybridized carbons (Fsp3) is 0.467. The molecule has 1 aromatic carbocycles. The molecule has 2 aliphatic heterocycles. The maximum absolute atomic E-state index is 12.6. The number of hydrogen-bond donors (Lipinski definition) is 1. The molecule has 0 spiro atoms. The van der Waals surface area contributed by atoms with Crippen LogP contribution in [-0.4, -0.2) is 41.1 Å². The van der Waals surface area contributed by atoms with Gasteiger partial charge >= 0.3 is 12.0 Å². The number of benzene rings is 1. The number of carboxylic acids is 1. The Balaban J connectivity index is 1.80. The number of rotatable bonds is 1. The lowest BCUT2D eigenvalue weighted by molar-refractivity contribution is -0.146. The molecule has 2 amide bonds. The highest BCUT2D eigenvalue weighted by atomic mass is 16.4. The molecular formula is C15H18N2O3. The Labute approximate surface area is 117 Å². The lowest BCUT2D eigenvalue weighted by atomic mass is 9.96. The van der Waals surface area contributed by atoms with Crippen LogP contribution in [0, 0.1) is 5.92 Å². The fourth-order valence-corrected chi connectivity index (χ4v) is 2.92. The third kappa shape index (κ3) is 2.03. The lowest BCUT2D eigenvalue weighted by Gasteiger charge is -2.43. The molecule has 0 radical (unpaired) electrons. The van der Waals surface area contributed by atoms with Crippen molar-refractivity contribution in [3.05, 3.63) is 29.8 Å². The predicted octanol–water partition coefficient (Wildman–Crippen LogP) is 1.96. The number of carbonyl (C=O) groups excluding carboxylic acids is 1. The third-order valence-corrected chi connectivity index (χ3v) is 4.23. The van der Waals surface area contributed by atoms with Gasteiger partial charge in [0.05, 0.1) is 5.92 Å². The minimum absolute atomic E-state index is 0.0675. The van der Waals surface area contributed by atoms with E-state index >= 15 is 0 Å². The third-order valence-electron chi connectivity index (χ3n) is 4.23. The Morgan fingerprint density at radius 1 is 1.25 bits per heavy atom. The number of fused-ring (bicyclic) bond motifs is 1. The van der Waals surface area contributed by atoms with Crippen LogP contribution >= 0.6 is 0 Å². The minimum atomic E-state index is -0.818. The highest BCUT2D eigenvalue weighted by Crippen LogP contribution is 2.32. The van der Waals surface area contributed by atoms with Crippen LogP contribution in [0.1, 0.15) is 18.9 Å². The molecule has 0 bridgehead atoms. The topological polar surface area (TPSA) is 60.9 Å². The van der Waals surface area contributed by atoms with Crippen molar-refractivity contribution < 1.29 is 14.7 Å². The van der Waals surface area contributed by atoms with Crippen molar-refractivity contribution in [1.29, 1.82) is 0 Å². The summed E-state index contributed by atoms with van der Waals surface area (Å²) in [6.45, 7) is 2.68. The van der Waals surface area contributed by atoms with Crippen molar-refractivity contribution in [2.75, 3.05) is 18.0 Å². The maximum Gasteiger partial charge on any atom is 0.324 e. The van der Waals surface area contributed by atoms with Gasteiger partial charge in [0, 0.05) is 24.8 Å². The van der Waals surface area contributed by atoms with Gasteiger partial charge in [0.1, 0.15) is 0 Å². The summed E-state index contributed by atoms with van der Waals surface area (Å²) in [4.78, 5) is 26.9. The summed E-state index contributed by atoms with van der Waals surface area (Å²) in [5.74, 6) is -1.23. The number of urea groups is 1. The number of aryl methyl sites for hydroxylation is 1. The second-order valence-corrected chi connectivity index (χ2v) is 5.61. The van der Waals surface area contributed by atoms with Crippen molar-refractivity contribution in [3.8, 4) is 0 Å². The number of para-hydroxylation sites is 1. The average Bonchev–Trinajstić information content (AvgIpc) is 2.36. The van der Waals surface area contributed by atoms with Gasteiger partial charge in [0.15, 0.2) is 0 Å². The van der Waals surface area contributed by atoms with Crippen LogP contribution in [0.15, 0.2) is 24.3 Å². The molecule has 2 aliphatic rings. The first kappa shape index (κ1) is 13.0. The SMILES string of the molecule is CC1CCc2ccccc2N1C(=O)N1CC(C(=O)O)C1. The van der Waals surface area contributed by atoms with Crippen molar-refractivity contribution in [2.24, 2.45) is 5.92 Å². The van der Waals surface area contributed by atoms with Gasteiger partial charge in [-0.05, 0) is 31.4 Å². The maximum atomic E-state index is 12.6. The summed E-state index contributed by atoms with van der Waals surface area (Å²) in [6.07, 6.45) is 1.93. The molecule has 2 heterocycles. The monoisotopic (exact) mass is 274 g/mol. The van der Waals surface area contributed by atoms with E-state index in [1.54, 1.807) is 4.90 Å². The highest BCUT2D eigenvalue weighted by molar-refractivity contribution is 5.95. The second-order valence-electron chi connectivity index (χ2n) is 5.61. The number of amides is 2. The number of anilines is 1. The largest absolute Gasteiger partial charge is 0.481 e. The molecular weight excluding hydrogens is 256 g/mol. The fourth-order valence-electron chi connectivity index (χ4n) is 2.92. The van der Waals surface area contributed by atoms with Gasteiger partial charge in [0.2, 0.25) is 0 Å². The molecule has 5 heteroatoms. The standard InChI is InChI=1S/C15H18N2O3/c1-10-6-7-11-4-2-3-5-13(11)17(10)15(20)16-8-12(9-16)14(18)19/h2-5,10,12H,6-9H2,1H3,(H,18,19). The first-order valence-corrected chi connectivity index (χ1v) is 6.97. The molecule has 1 fully saturated rings. The zero-order chi connectivity index (χ0) is 14.3. The van der Waals surface area contributed by atoms with Gasteiger partial charge in [-0.25, -0.2) is 4.79 Å². The van der Waals surface area contributed by atoms with E-state index in [2.05, 4.69) is 6.07 Å². The average molecular weight is 274 g/mol. The first-order valence-electron chi connectivity index (χ1n) is 6.97. The number of likely N-dealkylation sites (tertiary alicyclic amines) is 1. The molecule has 0 aromatic heterocycles. The number of nitrogens with zero attached hydrogens (tertiary/aromatic N) is 2. The Morgan fingerprint density at radius 3 is 2.65 bits per heavy atom. The van der Waals surface area contributed by atoms with E-state index in [4.69, 9.17) is 5.11 Å². The predicted molar refractivity (Wildman–Crippen MR) is 74.8 cm³/mol. The van der Waals surface area contributed by atoms with Crippen molar-refractivity contribution in [2.45, 2.75) is 25.8 Å². The van der Waals surface area contributed by atoms with Crippen molar-refractivity contribution >= 4 is 17.7 Å². The van der Waals surface area contributed by atoms with Crippen LogP contribution in [0.4, 0.5) is 10.5 Å². The Morgan fingerprint density at radius 2 is 1.95 bits per heavy atom. The first-order chi connectivity index (χ1) is 9.58. The number of carbonyl (C=O) groups is 2. The smallest absolute Gasteiger partial charge is 0.324 e. The van der Waals surface area contributed by atoms with Gasteiger partial charge in [-0.3, -0.25) is 9.69 Å². The van der Waals surface area contributed by atoms with E-state index in [0.29, 0.717) is 13.1 Å². The molecule has 3 rings (SSSR count). The van der Waals surface area contributed by atoms with E-state index in [-0.39, 0.29) is 12.1 Å². The molecule has 1 aromatic rings. The molecule has 1 N–H and O–H groups in total. The van der Waals surface area contributed by atoms with Gasteiger partial charge in [0.25, 0.3) is 0 Å². The molecule has 5 nitrogen and oxygen atoms in total. The van der Waals surface area contributed by atoms with Crippen LogP contribution in [0.3, 0.4) is 0 Å². The molecule has 106 valence electrons. The van der Waals surface area contributed by atoms with E-state index < -0.39 is 11.9 Å². The lowest BCUT2D eigenvalue weighted by Crippen LogP contribution is -2.59. The summed E-state index contributed by atoms with van der Waals surface area (Å²) in [5, 5.41) is 8.90. The Kier molecular flexibility index (Phi) is 3.12. The van der Waals surface area contributed by atoms with Gasteiger partial charge in [-0.2, -0.15) is 0 Å². The summed E-state index contributed by atoms with van der Waals surface area (Å²) < 4.78 is 0. The summed E-state index contributed by atoms with van der Waals surface area (Å²) in [7, 11) is 0. The number of hydrogen-bond acceptors (Lipinski definition) is 2. The second kappa shape index (κ2) is 4.81. The number of aliphatic carboxylic acids is 1.